The zero-order valence-corrected chi connectivity index (χ0v) is 12.4. The van der Waals surface area contributed by atoms with Gasteiger partial charge in [0.25, 0.3) is 0 Å². The number of aromatic nitrogens is 2. The van der Waals surface area contributed by atoms with Crippen LogP contribution in [0.4, 0.5) is 5.69 Å². The molecular weight excluding hydrogens is 268 g/mol. The normalized spacial score (nSPS) is 10.1. The fourth-order valence-corrected chi connectivity index (χ4v) is 2.55. The van der Waals surface area contributed by atoms with E-state index in [4.69, 9.17) is 0 Å². The second kappa shape index (κ2) is 6.92. The lowest BCUT2D eigenvalue weighted by Gasteiger charge is -2.10. The number of hydrogen-bond donors (Lipinski definition) is 1. The molecule has 0 aliphatic heterocycles. The van der Waals surface area contributed by atoms with E-state index in [2.05, 4.69) is 28.3 Å². The number of nitrogens with one attached hydrogen (secondary N) is 1. The monoisotopic (exact) mass is 284 g/mol. The molecule has 0 saturated carbocycles. The van der Waals surface area contributed by atoms with Crippen molar-refractivity contribution in [3.8, 4) is 6.07 Å². The highest BCUT2D eigenvalue weighted by molar-refractivity contribution is 7.99. The van der Waals surface area contributed by atoms with Gasteiger partial charge in [0.1, 0.15) is 6.07 Å². The molecule has 0 aliphatic carbocycles. The molecular formula is C15H16N4S. The fourth-order valence-electron chi connectivity index (χ4n) is 1.77. The summed E-state index contributed by atoms with van der Waals surface area (Å²) >= 11 is 1.67. The maximum Gasteiger partial charge on any atom is 0.102 e. The number of nitriles is 1. The van der Waals surface area contributed by atoms with Crippen LogP contribution in [0, 0.1) is 18.3 Å². The van der Waals surface area contributed by atoms with Crippen LogP contribution in [0.15, 0.2) is 35.5 Å². The molecule has 0 aliphatic rings. The molecule has 0 fully saturated rings. The Morgan fingerprint density at radius 2 is 2.15 bits per heavy atom. The van der Waals surface area contributed by atoms with E-state index in [1.54, 1.807) is 24.2 Å². The molecule has 1 aromatic heterocycles. The Hall–Kier alpha value is -2.06. The number of anilines is 1. The minimum absolute atomic E-state index is 0.558. The van der Waals surface area contributed by atoms with Gasteiger partial charge in [0.2, 0.25) is 0 Å². The number of nitrogens with zero attached hydrogens (tertiary/aromatic N) is 3. The number of benzene rings is 1. The van der Waals surface area contributed by atoms with Crippen LogP contribution in [0.3, 0.4) is 0 Å². The summed E-state index contributed by atoms with van der Waals surface area (Å²) in [6.07, 6.45) is 3.49. The molecule has 5 heteroatoms. The van der Waals surface area contributed by atoms with E-state index in [-0.39, 0.29) is 0 Å². The third kappa shape index (κ3) is 3.49. The fraction of sp³-hybridized carbons (Fsp3) is 0.267. The quantitative estimate of drug-likeness (QED) is 0.853. The lowest BCUT2D eigenvalue weighted by Crippen LogP contribution is -2.04. The maximum absolute atomic E-state index is 9.33. The molecule has 0 saturated heterocycles. The van der Waals surface area contributed by atoms with E-state index in [9.17, 15) is 5.26 Å². The van der Waals surface area contributed by atoms with Gasteiger partial charge in [-0.3, -0.25) is 9.97 Å². The van der Waals surface area contributed by atoms with Gasteiger partial charge in [0.05, 0.1) is 35.4 Å². The SMILES string of the molecule is CCSc1cccc(NCc2cnc(C)cn2)c1C#N. The molecule has 0 bridgehead atoms. The molecule has 2 aromatic rings. The Balaban J connectivity index is 2.15. The van der Waals surface area contributed by atoms with Crippen molar-refractivity contribution in [1.29, 1.82) is 5.26 Å². The van der Waals surface area contributed by atoms with Crippen LogP contribution in [0.5, 0.6) is 0 Å². The summed E-state index contributed by atoms with van der Waals surface area (Å²) in [7, 11) is 0. The minimum Gasteiger partial charge on any atom is -0.378 e. The van der Waals surface area contributed by atoms with Crippen molar-refractivity contribution in [3.63, 3.8) is 0 Å². The summed E-state index contributed by atoms with van der Waals surface area (Å²) < 4.78 is 0. The third-order valence-electron chi connectivity index (χ3n) is 2.73. The van der Waals surface area contributed by atoms with E-state index >= 15 is 0 Å². The van der Waals surface area contributed by atoms with Crippen LogP contribution >= 0.6 is 11.8 Å². The average Bonchev–Trinajstić information content (AvgIpc) is 2.47. The lowest BCUT2D eigenvalue weighted by molar-refractivity contribution is 0.983. The van der Waals surface area contributed by atoms with Gasteiger partial charge >= 0.3 is 0 Å². The number of rotatable bonds is 5. The van der Waals surface area contributed by atoms with Crippen LogP contribution in [-0.2, 0) is 6.54 Å². The molecule has 4 nitrogen and oxygen atoms in total. The second-order valence-electron chi connectivity index (χ2n) is 4.23. The minimum atomic E-state index is 0.558. The highest BCUT2D eigenvalue weighted by atomic mass is 32.2. The van der Waals surface area contributed by atoms with Gasteiger partial charge in [-0.1, -0.05) is 13.0 Å². The third-order valence-corrected chi connectivity index (χ3v) is 3.67. The first-order chi connectivity index (χ1) is 9.74. The van der Waals surface area contributed by atoms with Gasteiger partial charge in [0.15, 0.2) is 0 Å². The molecule has 2 rings (SSSR count). The Morgan fingerprint density at radius 1 is 1.30 bits per heavy atom. The van der Waals surface area contributed by atoms with Crippen LogP contribution in [-0.4, -0.2) is 15.7 Å². The molecule has 0 spiro atoms. The van der Waals surface area contributed by atoms with Gasteiger partial charge in [-0.15, -0.1) is 11.8 Å². The van der Waals surface area contributed by atoms with Crippen LogP contribution < -0.4 is 5.32 Å². The summed E-state index contributed by atoms with van der Waals surface area (Å²) in [6, 6.07) is 8.13. The van der Waals surface area contributed by atoms with Crippen LogP contribution in [0.1, 0.15) is 23.9 Å². The van der Waals surface area contributed by atoms with Crippen molar-refractivity contribution in [2.24, 2.45) is 0 Å². The summed E-state index contributed by atoms with van der Waals surface area (Å²) in [4.78, 5) is 9.51. The Labute approximate surface area is 123 Å². The van der Waals surface area contributed by atoms with E-state index in [0.29, 0.717) is 12.1 Å². The lowest BCUT2D eigenvalue weighted by atomic mass is 10.2. The number of aryl methyl sites for hydroxylation is 1. The largest absolute Gasteiger partial charge is 0.378 e. The summed E-state index contributed by atoms with van der Waals surface area (Å²) in [5.41, 5.74) is 3.29. The van der Waals surface area contributed by atoms with E-state index in [1.807, 2.05) is 25.1 Å². The van der Waals surface area contributed by atoms with Gasteiger partial charge in [-0.2, -0.15) is 5.26 Å². The first kappa shape index (κ1) is 14.4. The Morgan fingerprint density at radius 3 is 2.80 bits per heavy atom. The Bertz CT molecular complexity index is 617. The highest BCUT2D eigenvalue weighted by Gasteiger charge is 2.08. The molecule has 0 unspecified atom stereocenters. The zero-order valence-electron chi connectivity index (χ0n) is 11.6. The van der Waals surface area contributed by atoms with Crippen molar-refractivity contribution < 1.29 is 0 Å². The van der Waals surface area contributed by atoms with E-state index < -0.39 is 0 Å². The molecule has 0 atom stereocenters. The van der Waals surface area contributed by atoms with Crippen molar-refractivity contribution in [3.05, 3.63) is 47.5 Å². The van der Waals surface area contributed by atoms with E-state index in [1.165, 1.54) is 0 Å². The van der Waals surface area contributed by atoms with Crippen molar-refractivity contribution in [2.45, 2.75) is 25.3 Å². The van der Waals surface area contributed by atoms with Crippen LogP contribution in [0.2, 0.25) is 0 Å². The first-order valence-electron chi connectivity index (χ1n) is 6.42. The summed E-state index contributed by atoms with van der Waals surface area (Å²) in [6.45, 7) is 4.54. The van der Waals surface area contributed by atoms with Gasteiger partial charge < -0.3 is 5.32 Å². The average molecular weight is 284 g/mol. The predicted molar refractivity (Wildman–Crippen MR) is 81.7 cm³/mol. The summed E-state index contributed by atoms with van der Waals surface area (Å²) in [5.74, 6) is 0.946. The number of hydrogen-bond acceptors (Lipinski definition) is 5. The summed E-state index contributed by atoms with van der Waals surface area (Å²) in [5, 5.41) is 12.6. The van der Waals surface area contributed by atoms with Gasteiger partial charge in [0, 0.05) is 11.1 Å². The zero-order chi connectivity index (χ0) is 14.4. The standard InChI is InChI=1S/C15H16N4S/c1-3-20-15-6-4-5-14(13(15)7-16)19-10-12-9-17-11(2)8-18-12/h4-6,8-9,19H,3,10H2,1-2H3. The predicted octanol–water partition coefficient (Wildman–Crippen LogP) is 3.38. The molecule has 20 heavy (non-hydrogen) atoms. The van der Waals surface area contributed by atoms with Crippen LogP contribution in [0.25, 0.3) is 0 Å². The van der Waals surface area contributed by atoms with Crippen molar-refractivity contribution in [2.75, 3.05) is 11.1 Å². The maximum atomic E-state index is 9.33. The van der Waals surface area contributed by atoms with Gasteiger partial charge in [-0.05, 0) is 24.8 Å². The molecule has 0 radical (unpaired) electrons. The molecule has 0 amide bonds. The molecule has 102 valence electrons. The topological polar surface area (TPSA) is 61.6 Å². The van der Waals surface area contributed by atoms with E-state index in [0.717, 1.165) is 27.7 Å². The molecule has 1 heterocycles. The van der Waals surface area contributed by atoms with Crippen molar-refractivity contribution >= 4 is 17.4 Å². The first-order valence-corrected chi connectivity index (χ1v) is 7.40. The second-order valence-corrected chi connectivity index (χ2v) is 5.53. The molecule has 1 aromatic carbocycles. The van der Waals surface area contributed by atoms with Gasteiger partial charge in [-0.25, -0.2) is 0 Å². The van der Waals surface area contributed by atoms with Crippen molar-refractivity contribution in [1.82, 2.24) is 9.97 Å². The molecule has 1 N–H and O–H groups in total. The highest BCUT2D eigenvalue weighted by Crippen LogP contribution is 2.27. The smallest absolute Gasteiger partial charge is 0.102 e. The Kier molecular flexibility index (Phi) is 4.97. The number of thioether (sulfide) groups is 1.